The molecule has 0 saturated heterocycles. The Morgan fingerprint density at radius 1 is 1.12 bits per heavy atom. The van der Waals surface area contributed by atoms with Gasteiger partial charge in [-0.3, -0.25) is 0 Å². The predicted molar refractivity (Wildman–Crippen MR) is 127 cm³/mol. The van der Waals surface area contributed by atoms with Gasteiger partial charge in [-0.15, -0.1) is 5.10 Å². The number of benzene rings is 1. The van der Waals surface area contributed by atoms with Crippen LogP contribution in [-0.4, -0.2) is 50.6 Å². The van der Waals surface area contributed by atoms with Gasteiger partial charge in [0.05, 0.1) is 25.1 Å². The Morgan fingerprint density at radius 2 is 1.97 bits per heavy atom. The van der Waals surface area contributed by atoms with E-state index in [1.807, 2.05) is 25.1 Å². The van der Waals surface area contributed by atoms with Crippen molar-refractivity contribution in [2.45, 2.75) is 65.4 Å². The van der Waals surface area contributed by atoms with Crippen molar-refractivity contribution in [3.8, 4) is 17.5 Å². The van der Waals surface area contributed by atoms with Gasteiger partial charge in [-0.1, -0.05) is 32.8 Å². The fraction of sp³-hybridized carbons (Fsp3) is 0.542. The van der Waals surface area contributed by atoms with E-state index in [0.29, 0.717) is 31.7 Å². The minimum atomic E-state index is -0.173. The minimum absolute atomic E-state index is 0.0388. The monoisotopic (exact) mass is 457 g/mol. The maximum Gasteiger partial charge on any atom is 0.336 e. The highest BCUT2D eigenvalue weighted by Gasteiger charge is 2.17. The standard InChI is InChI=1S/C24H35N5O4/c1-4-7-13-32-20-10-9-17(21(15-20)31-6-3)14-18-16-26-23-22(25)27-24(28-29(18)23)33-19(8-5-2)11-12-30/h9-10,15-16,19,30H,4-8,11-14H2,1-3H3,(H2,25,27,28). The van der Waals surface area contributed by atoms with Crippen molar-refractivity contribution >= 4 is 11.5 Å². The molecule has 0 spiro atoms. The summed E-state index contributed by atoms with van der Waals surface area (Å²) < 4.78 is 19.3. The number of aliphatic hydroxyl groups excluding tert-OH is 1. The highest BCUT2D eigenvalue weighted by Crippen LogP contribution is 2.28. The fourth-order valence-corrected chi connectivity index (χ4v) is 3.57. The Labute approximate surface area is 194 Å². The first-order valence-electron chi connectivity index (χ1n) is 11.8. The third-order valence-electron chi connectivity index (χ3n) is 5.25. The molecule has 2 heterocycles. The van der Waals surface area contributed by atoms with Gasteiger partial charge < -0.3 is 25.1 Å². The molecule has 1 aromatic carbocycles. The van der Waals surface area contributed by atoms with Crippen LogP contribution in [0.2, 0.25) is 0 Å². The van der Waals surface area contributed by atoms with Gasteiger partial charge in [-0.2, -0.15) is 4.98 Å². The number of anilines is 1. The van der Waals surface area contributed by atoms with Gasteiger partial charge in [0.15, 0.2) is 11.5 Å². The number of rotatable bonds is 14. The van der Waals surface area contributed by atoms with E-state index < -0.39 is 0 Å². The van der Waals surface area contributed by atoms with Crippen LogP contribution < -0.4 is 19.9 Å². The zero-order valence-corrected chi connectivity index (χ0v) is 19.8. The average Bonchev–Trinajstić information content (AvgIpc) is 3.19. The lowest BCUT2D eigenvalue weighted by atomic mass is 10.1. The van der Waals surface area contributed by atoms with Gasteiger partial charge in [0.2, 0.25) is 0 Å². The number of fused-ring (bicyclic) bond motifs is 1. The number of unbranched alkanes of at least 4 members (excludes halogenated alkanes) is 1. The van der Waals surface area contributed by atoms with Crippen molar-refractivity contribution in [3.05, 3.63) is 35.7 Å². The maximum absolute atomic E-state index is 9.31. The lowest BCUT2D eigenvalue weighted by Gasteiger charge is -2.16. The van der Waals surface area contributed by atoms with Crippen LogP contribution in [0.4, 0.5) is 5.82 Å². The molecule has 1 unspecified atom stereocenters. The number of aromatic nitrogens is 4. The Morgan fingerprint density at radius 3 is 2.70 bits per heavy atom. The molecule has 9 heteroatoms. The molecule has 0 amide bonds. The van der Waals surface area contributed by atoms with E-state index in [2.05, 4.69) is 28.9 Å². The number of nitrogens with two attached hydrogens (primary N) is 1. The Hall–Kier alpha value is -3.07. The predicted octanol–water partition coefficient (Wildman–Crippen LogP) is 3.80. The van der Waals surface area contributed by atoms with Gasteiger partial charge >= 0.3 is 6.01 Å². The molecule has 0 aliphatic rings. The summed E-state index contributed by atoms with van der Waals surface area (Å²) in [6, 6.07) is 6.07. The largest absolute Gasteiger partial charge is 0.493 e. The van der Waals surface area contributed by atoms with Crippen LogP contribution in [0.1, 0.15) is 64.1 Å². The molecule has 3 N–H and O–H groups in total. The van der Waals surface area contributed by atoms with E-state index in [9.17, 15) is 5.11 Å². The molecule has 0 bridgehead atoms. The number of aliphatic hydroxyl groups is 1. The van der Waals surface area contributed by atoms with Crippen molar-refractivity contribution in [3.63, 3.8) is 0 Å². The van der Waals surface area contributed by atoms with Crippen molar-refractivity contribution in [1.29, 1.82) is 0 Å². The molecular weight excluding hydrogens is 422 g/mol. The summed E-state index contributed by atoms with van der Waals surface area (Å²) in [4.78, 5) is 8.66. The number of hydrogen-bond acceptors (Lipinski definition) is 8. The summed E-state index contributed by atoms with van der Waals surface area (Å²) in [5, 5.41) is 13.8. The van der Waals surface area contributed by atoms with E-state index in [1.54, 1.807) is 10.7 Å². The quantitative estimate of drug-likeness (QED) is 0.351. The normalized spacial score (nSPS) is 12.1. The minimum Gasteiger partial charge on any atom is -0.493 e. The van der Waals surface area contributed by atoms with E-state index in [0.717, 1.165) is 48.4 Å². The molecule has 9 nitrogen and oxygen atoms in total. The van der Waals surface area contributed by atoms with E-state index in [-0.39, 0.29) is 24.5 Å². The Balaban J connectivity index is 1.87. The molecule has 0 aliphatic heterocycles. The van der Waals surface area contributed by atoms with E-state index in [1.165, 1.54) is 0 Å². The molecular formula is C24H35N5O4. The topological polar surface area (TPSA) is 117 Å². The van der Waals surface area contributed by atoms with Crippen LogP contribution >= 0.6 is 0 Å². The first-order valence-corrected chi connectivity index (χ1v) is 11.8. The van der Waals surface area contributed by atoms with Crippen LogP contribution in [0.25, 0.3) is 5.65 Å². The zero-order valence-electron chi connectivity index (χ0n) is 19.8. The number of ether oxygens (including phenoxy) is 3. The third kappa shape index (κ3) is 6.47. The zero-order chi connectivity index (χ0) is 23.6. The molecule has 3 rings (SSSR count). The van der Waals surface area contributed by atoms with Crippen LogP contribution in [0.15, 0.2) is 24.4 Å². The molecule has 0 aliphatic carbocycles. The number of imidazole rings is 1. The van der Waals surface area contributed by atoms with Crippen LogP contribution in [0.3, 0.4) is 0 Å². The fourth-order valence-electron chi connectivity index (χ4n) is 3.57. The van der Waals surface area contributed by atoms with Gasteiger partial charge in [0, 0.05) is 31.1 Å². The number of hydrogen-bond donors (Lipinski definition) is 2. The molecule has 0 radical (unpaired) electrons. The summed E-state index contributed by atoms with van der Waals surface area (Å²) in [5.41, 5.74) is 8.44. The average molecular weight is 458 g/mol. The van der Waals surface area contributed by atoms with Crippen LogP contribution in [-0.2, 0) is 6.42 Å². The smallest absolute Gasteiger partial charge is 0.336 e. The van der Waals surface area contributed by atoms with Crippen LogP contribution in [0, 0.1) is 0 Å². The molecule has 0 saturated carbocycles. The number of nitrogens with zero attached hydrogens (tertiary/aromatic N) is 4. The third-order valence-corrected chi connectivity index (χ3v) is 5.25. The Bertz CT molecular complexity index is 1020. The lowest BCUT2D eigenvalue weighted by Crippen LogP contribution is -2.20. The highest BCUT2D eigenvalue weighted by molar-refractivity contribution is 5.60. The summed E-state index contributed by atoms with van der Waals surface area (Å²) in [7, 11) is 0. The molecule has 180 valence electrons. The second-order valence-corrected chi connectivity index (χ2v) is 7.89. The van der Waals surface area contributed by atoms with E-state index >= 15 is 0 Å². The van der Waals surface area contributed by atoms with Crippen LogP contribution in [0.5, 0.6) is 17.5 Å². The second-order valence-electron chi connectivity index (χ2n) is 7.89. The van der Waals surface area contributed by atoms with Crippen molar-refractivity contribution in [2.75, 3.05) is 25.6 Å². The molecule has 0 fully saturated rings. The molecule has 3 aromatic rings. The van der Waals surface area contributed by atoms with E-state index in [4.69, 9.17) is 19.9 Å². The van der Waals surface area contributed by atoms with Gasteiger partial charge in [0.1, 0.15) is 17.6 Å². The maximum atomic E-state index is 9.31. The first-order chi connectivity index (χ1) is 16.1. The van der Waals surface area contributed by atoms with Gasteiger partial charge in [-0.25, -0.2) is 9.50 Å². The van der Waals surface area contributed by atoms with Gasteiger partial charge in [0.25, 0.3) is 0 Å². The highest BCUT2D eigenvalue weighted by atomic mass is 16.5. The number of nitrogen functional groups attached to an aromatic ring is 1. The summed E-state index contributed by atoms with van der Waals surface area (Å²) >= 11 is 0. The molecule has 1 atom stereocenters. The van der Waals surface area contributed by atoms with Crippen molar-refractivity contribution in [2.24, 2.45) is 0 Å². The second kappa shape index (κ2) is 12.2. The summed E-state index contributed by atoms with van der Waals surface area (Å²) in [5.74, 6) is 1.81. The summed E-state index contributed by atoms with van der Waals surface area (Å²) in [6.45, 7) is 7.43. The first kappa shape index (κ1) is 24.6. The molecule has 2 aromatic heterocycles. The van der Waals surface area contributed by atoms with Crippen molar-refractivity contribution < 1.29 is 19.3 Å². The van der Waals surface area contributed by atoms with Gasteiger partial charge in [-0.05, 0) is 25.8 Å². The Kier molecular flexibility index (Phi) is 9.12. The van der Waals surface area contributed by atoms with Crippen molar-refractivity contribution in [1.82, 2.24) is 19.6 Å². The molecule has 33 heavy (non-hydrogen) atoms. The SMILES string of the molecule is CCCCOc1ccc(Cc2cnc3c(N)nc(OC(CCC)CCO)nn23)c(OCC)c1. The lowest BCUT2D eigenvalue weighted by molar-refractivity contribution is 0.133. The summed E-state index contributed by atoms with van der Waals surface area (Å²) in [6.07, 6.45) is 6.43.